The topological polar surface area (TPSA) is 66.6 Å². The van der Waals surface area contributed by atoms with Crippen LogP contribution in [-0.2, 0) is 10.0 Å². The molecule has 1 aromatic carbocycles. The van der Waals surface area contributed by atoms with Gasteiger partial charge >= 0.3 is 0 Å². The van der Waals surface area contributed by atoms with Gasteiger partial charge in [-0.3, -0.25) is 4.90 Å². The third-order valence-electron chi connectivity index (χ3n) is 4.60. The molecule has 0 radical (unpaired) electrons. The number of hydrogen-bond acceptors (Lipinski definition) is 4. The number of benzene rings is 1. The zero-order chi connectivity index (χ0) is 15.0. The number of sulfonamides is 1. The summed E-state index contributed by atoms with van der Waals surface area (Å²) in [7, 11) is -3.40. The molecular weight excluding hydrogens is 286 g/mol. The molecule has 1 atom stereocenters. The molecule has 6 heteroatoms. The number of nitrogens with two attached hydrogens (primary N) is 1. The molecule has 3 rings (SSSR count). The molecule has 0 aliphatic carbocycles. The maximum absolute atomic E-state index is 12.8. The van der Waals surface area contributed by atoms with Gasteiger partial charge in [0.05, 0.1) is 4.90 Å². The lowest BCUT2D eigenvalue weighted by Gasteiger charge is -2.23. The number of hydrogen-bond donors (Lipinski definition) is 1. The molecule has 116 valence electrons. The molecule has 0 amide bonds. The number of rotatable bonds is 3. The Hall–Kier alpha value is -1.11. The molecule has 1 aromatic rings. The van der Waals surface area contributed by atoms with Crippen molar-refractivity contribution in [1.29, 1.82) is 0 Å². The second-order valence-electron chi connectivity index (χ2n) is 6.07. The van der Waals surface area contributed by atoms with Gasteiger partial charge in [0.2, 0.25) is 10.0 Å². The van der Waals surface area contributed by atoms with Gasteiger partial charge in [0.1, 0.15) is 0 Å². The summed E-state index contributed by atoms with van der Waals surface area (Å²) in [5.74, 6) is 0. The lowest BCUT2D eigenvalue weighted by Crippen LogP contribution is -2.37. The molecule has 5 nitrogen and oxygen atoms in total. The van der Waals surface area contributed by atoms with Gasteiger partial charge in [-0.25, -0.2) is 8.42 Å². The first-order valence-corrected chi connectivity index (χ1v) is 9.03. The Morgan fingerprint density at radius 3 is 2.57 bits per heavy atom. The standard InChI is InChI=1S/C15H23N3O2S/c1-12-10-13(16)4-5-15(12)21(19,20)18-9-6-14(11-18)17-7-2-3-8-17/h4-5,10,14H,2-3,6-9,11,16H2,1H3. The molecule has 2 heterocycles. The first-order chi connectivity index (χ1) is 9.98. The van der Waals surface area contributed by atoms with E-state index in [1.165, 1.54) is 12.8 Å². The Morgan fingerprint density at radius 2 is 1.90 bits per heavy atom. The largest absolute Gasteiger partial charge is 0.399 e. The Bertz CT molecular complexity index is 624. The maximum Gasteiger partial charge on any atom is 0.243 e. The molecule has 2 aliphatic heterocycles. The molecule has 21 heavy (non-hydrogen) atoms. The number of anilines is 1. The Balaban J connectivity index is 1.79. The SMILES string of the molecule is Cc1cc(N)ccc1S(=O)(=O)N1CCC(N2CCCC2)C1. The Morgan fingerprint density at radius 1 is 1.19 bits per heavy atom. The van der Waals surface area contributed by atoms with E-state index >= 15 is 0 Å². The van der Waals surface area contributed by atoms with Crippen LogP contribution >= 0.6 is 0 Å². The molecule has 2 aliphatic rings. The summed E-state index contributed by atoms with van der Waals surface area (Å²) in [6.45, 7) is 5.26. The van der Waals surface area contributed by atoms with Crippen molar-refractivity contribution < 1.29 is 8.42 Å². The molecule has 2 fully saturated rings. The van der Waals surface area contributed by atoms with E-state index in [0.29, 0.717) is 29.7 Å². The minimum Gasteiger partial charge on any atom is -0.399 e. The molecule has 0 saturated carbocycles. The third kappa shape index (κ3) is 2.80. The Kier molecular flexibility index (Phi) is 3.94. The molecule has 2 saturated heterocycles. The minimum atomic E-state index is -3.40. The van der Waals surface area contributed by atoms with Gasteiger partial charge in [0, 0.05) is 24.8 Å². The van der Waals surface area contributed by atoms with E-state index in [1.54, 1.807) is 29.4 Å². The van der Waals surface area contributed by atoms with Crippen LogP contribution in [0.15, 0.2) is 23.1 Å². The quantitative estimate of drug-likeness (QED) is 0.858. The molecular formula is C15H23N3O2S. The average Bonchev–Trinajstić information content (AvgIpc) is 3.09. The summed E-state index contributed by atoms with van der Waals surface area (Å²) in [5, 5.41) is 0. The highest BCUT2D eigenvalue weighted by Gasteiger charge is 2.36. The summed E-state index contributed by atoms with van der Waals surface area (Å²) in [6.07, 6.45) is 3.41. The fourth-order valence-corrected chi connectivity index (χ4v) is 5.13. The lowest BCUT2D eigenvalue weighted by atomic mass is 10.2. The first kappa shape index (κ1) is 14.8. The van der Waals surface area contributed by atoms with E-state index in [4.69, 9.17) is 5.73 Å². The maximum atomic E-state index is 12.8. The highest BCUT2D eigenvalue weighted by atomic mass is 32.2. The Labute approximate surface area is 126 Å². The van der Waals surface area contributed by atoms with Gasteiger partial charge in [-0.2, -0.15) is 4.31 Å². The normalized spacial score (nSPS) is 24.7. The number of aryl methyl sites for hydroxylation is 1. The van der Waals surface area contributed by atoms with Gasteiger partial charge in [0.25, 0.3) is 0 Å². The first-order valence-electron chi connectivity index (χ1n) is 7.59. The van der Waals surface area contributed by atoms with Crippen molar-refractivity contribution in [3.05, 3.63) is 23.8 Å². The predicted octanol–water partition coefficient (Wildman–Crippen LogP) is 1.44. The van der Waals surface area contributed by atoms with Crippen LogP contribution in [0.2, 0.25) is 0 Å². The van der Waals surface area contributed by atoms with Crippen LogP contribution in [0.4, 0.5) is 5.69 Å². The highest BCUT2D eigenvalue weighted by molar-refractivity contribution is 7.89. The van der Waals surface area contributed by atoms with Crippen LogP contribution in [0.5, 0.6) is 0 Å². The molecule has 0 aromatic heterocycles. The summed E-state index contributed by atoms with van der Waals surface area (Å²) in [4.78, 5) is 2.82. The van der Waals surface area contributed by atoms with Crippen LogP contribution in [0.25, 0.3) is 0 Å². The van der Waals surface area contributed by atoms with E-state index in [-0.39, 0.29) is 0 Å². The van der Waals surface area contributed by atoms with Crippen LogP contribution < -0.4 is 5.73 Å². The van der Waals surface area contributed by atoms with E-state index in [9.17, 15) is 8.42 Å². The minimum absolute atomic E-state index is 0.386. The fourth-order valence-electron chi connectivity index (χ4n) is 3.43. The summed E-state index contributed by atoms with van der Waals surface area (Å²) >= 11 is 0. The van der Waals surface area contributed by atoms with Crippen molar-refractivity contribution >= 4 is 15.7 Å². The molecule has 0 spiro atoms. The monoisotopic (exact) mass is 309 g/mol. The zero-order valence-corrected chi connectivity index (χ0v) is 13.3. The van der Waals surface area contributed by atoms with Crippen LogP contribution in [0.3, 0.4) is 0 Å². The summed E-state index contributed by atoms with van der Waals surface area (Å²) in [5.41, 5.74) is 7.04. The van der Waals surface area contributed by atoms with Gasteiger partial charge in [0.15, 0.2) is 0 Å². The van der Waals surface area contributed by atoms with E-state index in [2.05, 4.69) is 4.90 Å². The summed E-state index contributed by atoms with van der Waals surface area (Å²) < 4.78 is 27.2. The second-order valence-corrected chi connectivity index (χ2v) is 7.98. The van der Waals surface area contributed by atoms with E-state index in [0.717, 1.165) is 25.1 Å². The van der Waals surface area contributed by atoms with Gasteiger partial charge in [-0.05, 0) is 63.0 Å². The number of nitrogen functional groups attached to an aromatic ring is 1. The van der Waals surface area contributed by atoms with Crippen LogP contribution in [0, 0.1) is 6.92 Å². The van der Waals surface area contributed by atoms with Crippen molar-refractivity contribution in [3.8, 4) is 0 Å². The van der Waals surface area contributed by atoms with E-state index in [1.807, 2.05) is 0 Å². The van der Waals surface area contributed by atoms with Gasteiger partial charge in [-0.15, -0.1) is 0 Å². The lowest BCUT2D eigenvalue weighted by molar-refractivity contribution is 0.251. The number of nitrogens with zero attached hydrogens (tertiary/aromatic N) is 2. The van der Waals surface area contributed by atoms with Crippen LogP contribution in [0.1, 0.15) is 24.8 Å². The van der Waals surface area contributed by atoms with Crippen LogP contribution in [-0.4, -0.2) is 49.8 Å². The van der Waals surface area contributed by atoms with Gasteiger partial charge in [-0.1, -0.05) is 0 Å². The van der Waals surface area contributed by atoms with E-state index < -0.39 is 10.0 Å². The predicted molar refractivity (Wildman–Crippen MR) is 83.6 cm³/mol. The highest BCUT2D eigenvalue weighted by Crippen LogP contribution is 2.27. The van der Waals surface area contributed by atoms with Crippen molar-refractivity contribution in [2.24, 2.45) is 0 Å². The van der Waals surface area contributed by atoms with Crippen molar-refractivity contribution in [3.63, 3.8) is 0 Å². The molecule has 0 bridgehead atoms. The second kappa shape index (κ2) is 5.59. The zero-order valence-electron chi connectivity index (χ0n) is 12.5. The summed E-state index contributed by atoms with van der Waals surface area (Å²) in [6, 6.07) is 5.40. The average molecular weight is 309 g/mol. The van der Waals surface area contributed by atoms with Crippen molar-refractivity contribution in [2.75, 3.05) is 31.9 Å². The molecule has 1 unspecified atom stereocenters. The van der Waals surface area contributed by atoms with Gasteiger partial charge < -0.3 is 5.73 Å². The fraction of sp³-hybridized carbons (Fsp3) is 0.600. The van der Waals surface area contributed by atoms with Crippen molar-refractivity contribution in [1.82, 2.24) is 9.21 Å². The third-order valence-corrected chi connectivity index (χ3v) is 6.63. The number of likely N-dealkylation sites (tertiary alicyclic amines) is 1. The molecule has 2 N–H and O–H groups in total. The smallest absolute Gasteiger partial charge is 0.243 e. The van der Waals surface area contributed by atoms with Crippen molar-refractivity contribution in [2.45, 2.75) is 37.1 Å².